The lowest BCUT2D eigenvalue weighted by Gasteiger charge is -2.25. The van der Waals surface area contributed by atoms with Gasteiger partial charge in [0, 0.05) is 6.42 Å². The van der Waals surface area contributed by atoms with Gasteiger partial charge in [-0.25, -0.2) is 4.79 Å². The molecule has 6 heteroatoms. The first-order valence-corrected chi connectivity index (χ1v) is 5.29. The molecule has 0 aromatic heterocycles. The van der Waals surface area contributed by atoms with Gasteiger partial charge in [-0.2, -0.15) is 0 Å². The molecule has 4 N–H and O–H groups in total. The summed E-state index contributed by atoms with van der Waals surface area (Å²) in [5.41, 5.74) is 4.89. The zero-order valence-electron chi connectivity index (χ0n) is 8.94. The van der Waals surface area contributed by atoms with Gasteiger partial charge in [-0.15, -0.1) is 0 Å². The third-order valence-corrected chi connectivity index (χ3v) is 2.74. The maximum atomic E-state index is 11.4. The number of carboxylic acids is 1. The van der Waals surface area contributed by atoms with Crippen LogP contribution in [0, 0.1) is 5.92 Å². The molecule has 0 aromatic carbocycles. The fraction of sp³-hybridized carbons (Fsp3) is 0.700. The van der Waals surface area contributed by atoms with E-state index in [2.05, 4.69) is 5.32 Å². The molecule has 16 heavy (non-hydrogen) atoms. The van der Waals surface area contributed by atoms with Crippen LogP contribution in [0.5, 0.6) is 0 Å². The second kappa shape index (κ2) is 5.48. The smallest absolute Gasteiger partial charge is 0.326 e. The molecular formula is C10H16N2O4. The van der Waals surface area contributed by atoms with Crippen LogP contribution in [0.3, 0.4) is 0 Å². The SMILES string of the molecule is NC(=O)C[C@@H](NC(=O)CC1CCC1)C(=O)O. The first-order valence-electron chi connectivity index (χ1n) is 5.29. The lowest BCUT2D eigenvalue weighted by molar-refractivity contribution is -0.143. The van der Waals surface area contributed by atoms with E-state index in [9.17, 15) is 14.4 Å². The fourth-order valence-corrected chi connectivity index (χ4v) is 1.61. The third-order valence-electron chi connectivity index (χ3n) is 2.74. The van der Waals surface area contributed by atoms with Gasteiger partial charge in [-0.05, 0) is 18.8 Å². The predicted molar refractivity (Wildman–Crippen MR) is 55.3 cm³/mol. The average Bonchev–Trinajstić information content (AvgIpc) is 2.09. The molecule has 0 radical (unpaired) electrons. The number of nitrogens with two attached hydrogens (primary N) is 1. The fourth-order valence-electron chi connectivity index (χ4n) is 1.61. The molecule has 0 unspecified atom stereocenters. The molecule has 1 fully saturated rings. The maximum Gasteiger partial charge on any atom is 0.326 e. The maximum absolute atomic E-state index is 11.4. The molecule has 1 rings (SSSR count). The van der Waals surface area contributed by atoms with Gasteiger partial charge in [0.15, 0.2) is 0 Å². The summed E-state index contributed by atoms with van der Waals surface area (Å²) in [5.74, 6) is -1.93. The lowest BCUT2D eigenvalue weighted by atomic mass is 9.83. The molecule has 1 aliphatic rings. The van der Waals surface area contributed by atoms with Gasteiger partial charge in [0.25, 0.3) is 0 Å². The highest BCUT2D eigenvalue weighted by Gasteiger charge is 2.25. The molecule has 6 nitrogen and oxygen atoms in total. The van der Waals surface area contributed by atoms with E-state index >= 15 is 0 Å². The Morgan fingerprint density at radius 2 is 2.00 bits per heavy atom. The van der Waals surface area contributed by atoms with E-state index < -0.39 is 17.9 Å². The van der Waals surface area contributed by atoms with Gasteiger partial charge in [-0.1, -0.05) is 6.42 Å². The van der Waals surface area contributed by atoms with Gasteiger partial charge in [0.1, 0.15) is 6.04 Å². The molecule has 1 atom stereocenters. The number of primary amides is 1. The van der Waals surface area contributed by atoms with Crippen LogP contribution in [-0.2, 0) is 14.4 Å². The molecule has 90 valence electrons. The first-order chi connectivity index (χ1) is 7.49. The van der Waals surface area contributed by atoms with Crippen LogP contribution >= 0.6 is 0 Å². The van der Waals surface area contributed by atoms with Crippen molar-refractivity contribution >= 4 is 17.8 Å². The number of carbonyl (C=O) groups is 3. The minimum atomic E-state index is -1.24. The van der Waals surface area contributed by atoms with Gasteiger partial charge in [0.05, 0.1) is 6.42 Å². The Balaban J connectivity index is 2.37. The number of hydrogen-bond donors (Lipinski definition) is 3. The first kappa shape index (κ1) is 12.5. The minimum Gasteiger partial charge on any atom is -0.480 e. The summed E-state index contributed by atoms with van der Waals surface area (Å²) in [6.07, 6.45) is 3.12. The summed E-state index contributed by atoms with van der Waals surface area (Å²) in [4.78, 5) is 32.7. The van der Waals surface area contributed by atoms with Crippen LogP contribution in [0.1, 0.15) is 32.1 Å². The number of hydrogen-bond acceptors (Lipinski definition) is 3. The van der Waals surface area contributed by atoms with Crippen molar-refractivity contribution in [3.63, 3.8) is 0 Å². The van der Waals surface area contributed by atoms with Crippen molar-refractivity contribution in [2.24, 2.45) is 11.7 Å². The van der Waals surface area contributed by atoms with E-state index in [1.165, 1.54) is 0 Å². The Morgan fingerprint density at radius 1 is 1.38 bits per heavy atom. The van der Waals surface area contributed by atoms with E-state index in [0.717, 1.165) is 19.3 Å². The van der Waals surface area contributed by atoms with Crippen molar-refractivity contribution < 1.29 is 19.5 Å². The van der Waals surface area contributed by atoms with Gasteiger partial charge < -0.3 is 16.2 Å². The normalized spacial score (nSPS) is 17.2. The molecule has 1 aliphatic carbocycles. The third kappa shape index (κ3) is 3.88. The summed E-state index contributed by atoms with van der Waals surface area (Å²) < 4.78 is 0. The summed E-state index contributed by atoms with van der Waals surface area (Å²) in [5, 5.41) is 11.1. The lowest BCUT2D eigenvalue weighted by Crippen LogP contribution is -2.44. The molecule has 2 amide bonds. The Bertz CT molecular complexity index is 299. The van der Waals surface area contributed by atoms with E-state index in [4.69, 9.17) is 10.8 Å². The van der Waals surface area contributed by atoms with Crippen molar-refractivity contribution in [2.45, 2.75) is 38.1 Å². The monoisotopic (exact) mass is 228 g/mol. The van der Waals surface area contributed by atoms with Crippen LogP contribution in [-0.4, -0.2) is 28.9 Å². The Labute approximate surface area is 93.2 Å². The molecule has 0 heterocycles. The van der Waals surface area contributed by atoms with E-state index in [-0.39, 0.29) is 12.3 Å². The minimum absolute atomic E-state index is 0.321. The highest BCUT2D eigenvalue weighted by Crippen LogP contribution is 2.29. The molecule has 1 saturated carbocycles. The standard InChI is InChI=1S/C10H16N2O4/c11-8(13)5-7(10(15)16)12-9(14)4-6-2-1-3-6/h6-7H,1-5H2,(H2,11,13)(H,12,14)(H,15,16)/t7-/m1/s1. The summed E-state index contributed by atoms with van der Waals surface area (Å²) >= 11 is 0. The summed E-state index contributed by atoms with van der Waals surface area (Å²) in [6.45, 7) is 0. The molecule has 0 aliphatic heterocycles. The van der Waals surface area contributed by atoms with Crippen molar-refractivity contribution in [1.82, 2.24) is 5.32 Å². The molecule has 0 saturated heterocycles. The zero-order valence-corrected chi connectivity index (χ0v) is 8.94. The van der Waals surface area contributed by atoms with Crippen molar-refractivity contribution in [3.05, 3.63) is 0 Å². The predicted octanol–water partition coefficient (Wildman–Crippen LogP) is -0.379. The van der Waals surface area contributed by atoms with Crippen LogP contribution in [0.15, 0.2) is 0 Å². The Morgan fingerprint density at radius 3 is 2.38 bits per heavy atom. The number of rotatable bonds is 6. The van der Waals surface area contributed by atoms with Gasteiger partial charge >= 0.3 is 5.97 Å². The van der Waals surface area contributed by atoms with Crippen molar-refractivity contribution in [3.8, 4) is 0 Å². The number of carboxylic acid groups (broad SMARTS) is 1. The second-order valence-electron chi connectivity index (χ2n) is 4.13. The van der Waals surface area contributed by atoms with Crippen LogP contribution in [0.2, 0.25) is 0 Å². The van der Waals surface area contributed by atoms with Crippen molar-refractivity contribution in [2.75, 3.05) is 0 Å². The highest BCUT2D eigenvalue weighted by molar-refractivity contribution is 5.88. The largest absolute Gasteiger partial charge is 0.480 e. The Kier molecular flexibility index (Phi) is 4.28. The molecule has 0 aromatic rings. The quantitative estimate of drug-likeness (QED) is 0.575. The summed E-state index contributed by atoms with van der Waals surface area (Å²) in [6, 6.07) is -1.20. The molecular weight excluding hydrogens is 212 g/mol. The average molecular weight is 228 g/mol. The van der Waals surface area contributed by atoms with Gasteiger partial charge in [-0.3, -0.25) is 9.59 Å². The zero-order chi connectivity index (χ0) is 12.1. The van der Waals surface area contributed by atoms with Gasteiger partial charge in [0.2, 0.25) is 11.8 Å². The van der Waals surface area contributed by atoms with E-state index in [1.54, 1.807) is 0 Å². The number of amides is 2. The number of nitrogens with one attached hydrogen (secondary N) is 1. The number of aliphatic carboxylic acids is 1. The molecule has 0 bridgehead atoms. The second-order valence-corrected chi connectivity index (χ2v) is 4.13. The topological polar surface area (TPSA) is 109 Å². The Hall–Kier alpha value is -1.59. The highest BCUT2D eigenvalue weighted by atomic mass is 16.4. The van der Waals surface area contributed by atoms with Crippen LogP contribution in [0.4, 0.5) is 0 Å². The van der Waals surface area contributed by atoms with E-state index in [1.807, 2.05) is 0 Å². The van der Waals surface area contributed by atoms with Crippen LogP contribution in [0.25, 0.3) is 0 Å². The van der Waals surface area contributed by atoms with Crippen molar-refractivity contribution in [1.29, 1.82) is 0 Å². The van der Waals surface area contributed by atoms with E-state index in [0.29, 0.717) is 12.3 Å². The molecule has 0 spiro atoms. The van der Waals surface area contributed by atoms with Crippen LogP contribution < -0.4 is 11.1 Å². The number of carbonyl (C=O) groups excluding carboxylic acids is 2. The summed E-state index contributed by atoms with van der Waals surface area (Å²) in [7, 11) is 0.